The van der Waals surface area contributed by atoms with E-state index < -0.39 is 0 Å². The van der Waals surface area contributed by atoms with Crippen molar-refractivity contribution < 1.29 is 13.9 Å². The Morgan fingerprint density at radius 1 is 1.29 bits per heavy atom. The molecule has 0 saturated carbocycles. The van der Waals surface area contributed by atoms with Gasteiger partial charge in [0.2, 0.25) is 5.91 Å². The van der Waals surface area contributed by atoms with Gasteiger partial charge in [-0.1, -0.05) is 13.3 Å². The first kappa shape index (κ1) is 17.5. The summed E-state index contributed by atoms with van der Waals surface area (Å²) in [5.74, 6) is 2.40. The Hall–Kier alpha value is -1.33. The van der Waals surface area contributed by atoms with E-state index in [-0.39, 0.29) is 11.8 Å². The van der Waals surface area contributed by atoms with Gasteiger partial charge in [0.15, 0.2) is 0 Å². The topological polar surface area (TPSA) is 45.9 Å². The van der Waals surface area contributed by atoms with Crippen LogP contribution in [0.3, 0.4) is 0 Å². The molecule has 2 aliphatic rings. The van der Waals surface area contributed by atoms with E-state index >= 15 is 0 Å². The van der Waals surface area contributed by atoms with Gasteiger partial charge in [-0.15, -0.1) is 0 Å². The Labute approximate surface area is 144 Å². The molecule has 5 heteroatoms. The fourth-order valence-electron chi connectivity index (χ4n) is 4.25. The molecule has 2 fully saturated rings. The number of rotatable bonds is 4. The molecule has 1 aromatic heterocycles. The standard InChI is InChI=1S/C19H30N2O3/c1-5-16-11-21(12-18(16)20-6-8-23-9-7-20)19(22)14(3)17-10-13(2)24-15(17)4/h10,14,16,18H,5-9,11-12H2,1-4H3/t14-,16+,18-/m0/s1. The molecule has 3 atom stereocenters. The summed E-state index contributed by atoms with van der Waals surface area (Å²) < 4.78 is 11.1. The van der Waals surface area contributed by atoms with Crippen LogP contribution in [-0.4, -0.2) is 61.1 Å². The van der Waals surface area contributed by atoms with Crippen LogP contribution in [0.1, 0.15) is 43.3 Å². The minimum Gasteiger partial charge on any atom is -0.466 e. The number of hydrogen-bond donors (Lipinski definition) is 0. The molecule has 0 unspecified atom stereocenters. The molecule has 134 valence electrons. The summed E-state index contributed by atoms with van der Waals surface area (Å²) in [6, 6.07) is 2.48. The average molecular weight is 334 g/mol. The van der Waals surface area contributed by atoms with Gasteiger partial charge in [0.1, 0.15) is 11.5 Å². The number of morpholine rings is 1. The Balaban J connectivity index is 1.70. The zero-order valence-electron chi connectivity index (χ0n) is 15.4. The summed E-state index contributed by atoms with van der Waals surface area (Å²) in [7, 11) is 0. The second kappa shape index (κ2) is 7.28. The number of aryl methyl sites for hydroxylation is 2. The van der Waals surface area contributed by atoms with E-state index in [1.165, 1.54) is 0 Å². The lowest BCUT2D eigenvalue weighted by atomic mass is 9.99. The first-order valence-corrected chi connectivity index (χ1v) is 9.18. The van der Waals surface area contributed by atoms with Gasteiger partial charge in [-0.2, -0.15) is 0 Å². The lowest BCUT2D eigenvalue weighted by Gasteiger charge is -2.34. The lowest BCUT2D eigenvalue weighted by molar-refractivity contribution is -0.131. The normalized spacial score (nSPS) is 26.8. The third-order valence-corrected chi connectivity index (χ3v) is 5.67. The highest BCUT2D eigenvalue weighted by molar-refractivity contribution is 5.84. The van der Waals surface area contributed by atoms with Crippen LogP contribution in [0.2, 0.25) is 0 Å². The van der Waals surface area contributed by atoms with Crippen LogP contribution in [-0.2, 0) is 9.53 Å². The minimum absolute atomic E-state index is 0.136. The maximum absolute atomic E-state index is 13.0. The number of amides is 1. The van der Waals surface area contributed by atoms with E-state index in [2.05, 4.69) is 16.7 Å². The van der Waals surface area contributed by atoms with E-state index in [1.807, 2.05) is 26.8 Å². The fraction of sp³-hybridized carbons (Fsp3) is 0.737. The van der Waals surface area contributed by atoms with Crippen LogP contribution in [0, 0.1) is 19.8 Å². The molecule has 0 N–H and O–H groups in total. The Morgan fingerprint density at radius 2 is 2.00 bits per heavy atom. The third kappa shape index (κ3) is 3.38. The summed E-state index contributed by atoms with van der Waals surface area (Å²) in [6.07, 6.45) is 1.12. The molecule has 2 aliphatic heterocycles. The molecule has 24 heavy (non-hydrogen) atoms. The molecular formula is C19H30N2O3. The molecule has 0 bridgehead atoms. The molecule has 0 aromatic carbocycles. The van der Waals surface area contributed by atoms with Crippen molar-refractivity contribution in [2.45, 2.75) is 46.1 Å². The van der Waals surface area contributed by atoms with E-state index in [0.717, 1.165) is 62.9 Å². The largest absolute Gasteiger partial charge is 0.466 e. The molecule has 0 spiro atoms. The molecule has 3 heterocycles. The van der Waals surface area contributed by atoms with Crippen LogP contribution >= 0.6 is 0 Å². The molecule has 1 aromatic rings. The van der Waals surface area contributed by atoms with Gasteiger partial charge in [-0.3, -0.25) is 9.69 Å². The Morgan fingerprint density at radius 3 is 2.58 bits per heavy atom. The first-order valence-electron chi connectivity index (χ1n) is 9.18. The molecule has 0 radical (unpaired) electrons. The fourth-order valence-corrected chi connectivity index (χ4v) is 4.25. The van der Waals surface area contributed by atoms with Gasteiger partial charge >= 0.3 is 0 Å². The molecule has 1 amide bonds. The number of furan rings is 1. The molecule has 3 rings (SSSR count). The monoisotopic (exact) mass is 334 g/mol. The van der Waals surface area contributed by atoms with Crippen LogP contribution in [0.15, 0.2) is 10.5 Å². The van der Waals surface area contributed by atoms with Crippen LogP contribution in [0.5, 0.6) is 0 Å². The maximum atomic E-state index is 13.0. The first-order chi connectivity index (χ1) is 11.5. The van der Waals surface area contributed by atoms with Crippen LogP contribution < -0.4 is 0 Å². The summed E-state index contributed by atoms with van der Waals surface area (Å²) in [6.45, 7) is 13.4. The van der Waals surface area contributed by atoms with Crippen molar-refractivity contribution in [3.8, 4) is 0 Å². The number of nitrogens with zero attached hydrogens (tertiary/aromatic N) is 2. The SMILES string of the molecule is CC[C@@H]1CN(C(=O)[C@@H](C)c2cc(C)oc2C)C[C@@H]1N1CCOCC1. The van der Waals surface area contributed by atoms with Crippen molar-refractivity contribution in [3.63, 3.8) is 0 Å². The Bertz CT molecular complexity index is 577. The average Bonchev–Trinajstić information content (AvgIpc) is 3.17. The number of carbonyl (C=O) groups is 1. The van der Waals surface area contributed by atoms with Crippen molar-refractivity contribution in [3.05, 3.63) is 23.2 Å². The van der Waals surface area contributed by atoms with Gasteiger partial charge in [0.25, 0.3) is 0 Å². The second-order valence-electron chi connectivity index (χ2n) is 7.22. The van der Waals surface area contributed by atoms with Crippen molar-refractivity contribution >= 4 is 5.91 Å². The van der Waals surface area contributed by atoms with Crippen molar-refractivity contribution in [2.24, 2.45) is 5.92 Å². The zero-order valence-corrected chi connectivity index (χ0v) is 15.4. The third-order valence-electron chi connectivity index (χ3n) is 5.67. The summed E-state index contributed by atoms with van der Waals surface area (Å²) in [4.78, 5) is 17.6. The smallest absolute Gasteiger partial charge is 0.230 e. The van der Waals surface area contributed by atoms with E-state index in [9.17, 15) is 4.79 Å². The maximum Gasteiger partial charge on any atom is 0.230 e. The van der Waals surface area contributed by atoms with Gasteiger partial charge in [-0.25, -0.2) is 0 Å². The number of ether oxygens (including phenoxy) is 1. The zero-order chi connectivity index (χ0) is 17.3. The van der Waals surface area contributed by atoms with Crippen molar-refractivity contribution in [1.82, 2.24) is 9.80 Å². The van der Waals surface area contributed by atoms with E-state index in [1.54, 1.807) is 0 Å². The summed E-state index contributed by atoms with van der Waals surface area (Å²) >= 11 is 0. The predicted molar refractivity (Wildman–Crippen MR) is 93.1 cm³/mol. The molecule has 5 nitrogen and oxygen atoms in total. The Kier molecular flexibility index (Phi) is 5.30. The van der Waals surface area contributed by atoms with Crippen molar-refractivity contribution in [2.75, 3.05) is 39.4 Å². The number of likely N-dealkylation sites (tertiary alicyclic amines) is 1. The molecule has 0 aliphatic carbocycles. The van der Waals surface area contributed by atoms with Crippen molar-refractivity contribution in [1.29, 1.82) is 0 Å². The highest BCUT2D eigenvalue weighted by Gasteiger charge is 2.39. The van der Waals surface area contributed by atoms with Crippen LogP contribution in [0.25, 0.3) is 0 Å². The molecule has 2 saturated heterocycles. The summed E-state index contributed by atoms with van der Waals surface area (Å²) in [5, 5.41) is 0. The van der Waals surface area contributed by atoms with Crippen LogP contribution in [0.4, 0.5) is 0 Å². The van der Waals surface area contributed by atoms with E-state index in [4.69, 9.17) is 9.15 Å². The van der Waals surface area contributed by atoms with Gasteiger partial charge in [0, 0.05) is 37.8 Å². The highest BCUT2D eigenvalue weighted by Crippen LogP contribution is 2.30. The minimum atomic E-state index is -0.136. The van der Waals surface area contributed by atoms with Gasteiger partial charge in [-0.05, 0) is 32.8 Å². The molecular weight excluding hydrogens is 304 g/mol. The highest BCUT2D eigenvalue weighted by atomic mass is 16.5. The number of carbonyl (C=O) groups excluding carboxylic acids is 1. The number of hydrogen-bond acceptors (Lipinski definition) is 4. The predicted octanol–water partition coefficient (Wildman–Crippen LogP) is 2.57. The lowest BCUT2D eigenvalue weighted by Crippen LogP contribution is -2.47. The van der Waals surface area contributed by atoms with E-state index in [0.29, 0.717) is 12.0 Å². The van der Waals surface area contributed by atoms with Gasteiger partial charge < -0.3 is 14.1 Å². The quantitative estimate of drug-likeness (QED) is 0.849. The summed E-state index contributed by atoms with van der Waals surface area (Å²) in [5.41, 5.74) is 1.03. The second-order valence-corrected chi connectivity index (χ2v) is 7.22. The van der Waals surface area contributed by atoms with Gasteiger partial charge in [0.05, 0.1) is 19.1 Å².